The van der Waals surface area contributed by atoms with Gasteiger partial charge < -0.3 is 10.7 Å². The molecule has 1 atom stereocenters. The van der Waals surface area contributed by atoms with Gasteiger partial charge >= 0.3 is 0 Å². The first-order chi connectivity index (χ1) is 19.1. The highest BCUT2D eigenvalue weighted by atomic mass is 35.5. The van der Waals surface area contributed by atoms with Crippen molar-refractivity contribution in [3.05, 3.63) is 148 Å². The Kier molecular flexibility index (Phi) is 8.14. The van der Waals surface area contributed by atoms with Crippen LogP contribution in [0.1, 0.15) is 51.8 Å². The molecule has 2 heterocycles. The summed E-state index contributed by atoms with van der Waals surface area (Å²) in [5.74, 6) is 0.0641. The fraction of sp³-hybridized carbons (Fsp3) is 0.147. The Labute approximate surface area is 234 Å². The number of benzene rings is 3. The summed E-state index contributed by atoms with van der Waals surface area (Å²) in [6, 6.07) is 27.8. The lowest BCUT2D eigenvalue weighted by Crippen LogP contribution is -2.05. The zero-order valence-corrected chi connectivity index (χ0v) is 22.9. The molecule has 0 fully saturated rings. The van der Waals surface area contributed by atoms with Crippen LogP contribution in [0.5, 0.6) is 0 Å². The van der Waals surface area contributed by atoms with Crippen molar-refractivity contribution < 1.29 is 0 Å². The van der Waals surface area contributed by atoms with Gasteiger partial charge in [0.15, 0.2) is 0 Å². The Hall–Kier alpha value is -4.28. The first-order valence-corrected chi connectivity index (χ1v) is 13.5. The second-order valence-electron chi connectivity index (χ2n) is 9.64. The van der Waals surface area contributed by atoms with Crippen molar-refractivity contribution in [2.75, 3.05) is 5.32 Å². The van der Waals surface area contributed by atoms with Crippen LogP contribution in [0.2, 0.25) is 5.15 Å². The smallest absolute Gasteiger partial charge is 0.133 e. The van der Waals surface area contributed by atoms with E-state index >= 15 is 0 Å². The highest BCUT2D eigenvalue weighted by Crippen LogP contribution is 2.35. The molecule has 4 nitrogen and oxygen atoms in total. The van der Waals surface area contributed by atoms with Gasteiger partial charge in [-0.2, -0.15) is 0 Å². The van der Waals surface area contributed by atoms with Gasteiger partial charge in [0.05, 0.1) is 5.52 Å². The summed E-state index contributed by atoms with van der Waals surface area (Å²) in [4.78, 5) is 9.20. The number of nitrogens with one attached hydrogen (secondary N) is 2. The van der Waals surface area contributed by atoms with E-state index in [1.165, 1.54) is 22.9 Å². The van der Waals surface area contributed by atoms with Crippen molar-refractivity contribution in [3.63, 3.8) is 0 Å². The van der Waals surface area contributed by atoms with Crippen molar-refractivity contribution in [3.8, 4) is 0 Å². The molecule has 39 heavy (non-hydrogen) atoms. The summed E-state index contributed by atoms with van der Waals surface area (Å²) in [5, 5.41) is 11.9. The quantitative estimate of drug-likeness (QED) is 0.148. The van der Waals surface area contributed by atoms with E-state index in [9.17, 15) is 0 Å². The Morgan fingerprint density at radius 2 is 1.67 bits per heavy atom. The zero-order chi connectivity index (χ0) is 27.2. The van der Waals surface area contributed by atoms with Crippen molar-refractivity contribution in [1.82, 2.24) is 9.97 Å². The van der Waals surface area contributed by atoms with E-state index in [0.29, 0.717) is 11.6 Å². The van der Waals surface area contributed by atoms with Crippen LogP contribution in [0.4, 0.5) is 5.69 Å². The molecule has 0 aliphatic rings. The van der Waals surface area contributed by atoms with Crippen LogP contribution < -0.4 is 5.32 Å². The number of hydrogen-bond acceptors (Lipinski definition) is 4. The summed E-state index contributed by atoms with van der Waals surface area (Å²) in [7, 11) is 0. The molecule has 2 N–H and O–H groups in total. The largest absolute Gasteiger partial charge is 0.362 e. The maximum atomic E-state index is 7.09. The maximum absolute atomic E-state index is 7.09. The number of hydrogen-bond donors (Lipinski definition) is 2. The predicted octanol–water partition coefficient (Wildman–Crippen LogP) is 8.50. The third-order valence-corrected chi connectivity index (χ3v) is 7.51. The van der Waals surface area contributed by atoms with Crippen LogP contribution in [-0.2, 0) is 12.8 Å². The number of allylic oxidation sites excluding steroid dienone is 1. The number of rotatable bonds is 9. The predicted molar refractivity (Wildman–Crippen MR) is 163 cm³/mol. The molecule has 0 saturated carbocycles. The number of halogens is 1. The van der Waals surface area contributed by atoms with E-state index in [-0.39, 0.29) is 5.92 Å². The van der Waals surface area contributed by atoms with E-state index in [0.717, 1.165) is 45.3 Å². The van der Waals surface area contributed by atoms with E-state index in [4.69, 9.17) is 22.0 Å². The first kappa shape index (κ1) is 26.3. The minimum atomic E-state index is 0.0641. The molecule has 0 aliphatic carbocycles. The van der Waals surface area contributed by atoms with Crippen molar-refractivity contribution in [2.45, 2.75) is 32.6 Å². The van der Waals surface area contributed by atoms with Gasteiger partial charge in [-0.3, -0.25) is 4.98 Å². The SMILES string of the molecule is CCc1ccc(C(c2cccnc2)c2ccc3nc(Cl)c(Cc4ccc(N/C=C\C=N)cc4)c(C)c3c2)cc1. The summed E-state index contributed by atoms with van der Waals surface area (Å²) >= 11 is 6.73. The highest BCUT2D eigenvalue weighted by Gasteiger charge is 2.19. The third-order valence-electron chi connectivity index (χ3n) is 7.19. The van der Waals surface area contributed by atoms with Gasteiger partial charge in [-0.25, -0.2) is 4.98 Å². The fourth-order valence-corrected chi connectivity index (χ4v) is 5.31. The van der Waals surface area contributed by atoms with Crippen LogP contribution in [0.3, 0.4) is 0 Å². The molecule has 5 aromatic rings. The van der Waals surface area contributed by atoms with Gasteiger partial charge in [-0.15, -0.1) is 0 Å². The minimum absolute atomic E-state index is 0.0641. The highest BCUT2D eigenvalue weighted by molar-refractivity contribution is 6.30. The zero-order valence-electron chi connectivity index (χ0n) is 22.2. The number of aromatic nitrogens is 2. The van der Waals surface area contributed by atoms with Crippen molar-refractivity contribution >= 4 is 34.4 Å². The molecule has 194 valence electrons. The van der Waals surface area contributed by atoms with Gasteiger partial charge in [0.25, 0.3) is 0 Å². The van der Waals surface area contributed by atoms with Crippen LogP contribution in [-0.4, -0.2) is 16.2 Å². The lowest BCUT2D eigenvalue weighted by atomic mass is 9.84. The molecular formula is C34H31ClN4. The average molecular weight is 531 g/mol. The molecule has 5 heteroatoms. The molecule has 0 bridgehead atoms. The number of pyridine rings is 2. The standard InChI is InChI=1S/C34H31ClN4/c1-3-24-7-11-26(12-8-24)33(28-6-4-18-37-22-28)27-13-16-32-30(21-27)23(2)31(34(35)39-32)20-25-9-14-29(15-10-25)38-19-5-17-36/h4-19,21-22,33,36,38H,3,20H2,1-2H3/b19-5-,36-17?. The Morgan fingerprint density at radius 1 is 0.923 bits per heavy atom. The molecule has 5 rings (SSSR count). The molecule has 1 unspecified atom stereocenters. The molecular weight excluding hydrogens is 500 g/mol. The van der Waals surface area contributed by atoms with Crippen LogP contribution in [0.15, 0.2) is 104 Å². The summed E-state index contributed by atoms with van der Waals surface area (Å²) in [5.41, 5.74) is 10.1. The van der Waals surface area contributed by atoms with Crippen molar-refractivity contribution in [2.24, 2.45) is 0 Å². The molecule has 3 aromatic carbocycles. The van der Waals surface area contributed by atoms with Crippen LogP contribution in [0.25, 0.3) is 10.9 Å². The van der Waals surface area contributed by atoms with E-state index in [2.05, 4.69) is 84.8 Å². The third kappa shape index (κ3) is 5.92. The number of anilines is 1. The van der Waals surface area contributed by atoms with E-state index in [1.807, 2.05) is 30.6 Å². The first-order valence-electron chi connectivity index (χ1n) is 13.2. The average Bonchev–Trinajstić information content (AvgIpc) is 2.97. The second-order valence-corrected chi connectivity index (χ2v) is 10.00. The number of nitrogens with zero attached hydrogens (tertiary/aromatic N) is 2. The summed E-state index contributed by atoms with van der Waals surface area (Å²) < 4.78 is 0. The Morgan fingerprint density at radius 3 is 2.36 bits per heavy atom. The number of fused-ring (bicyclic) bond motifs is 1. The molecule has 0 aliphatic heterocycles. The minimum Gasteiger partial charge on any atom is -0.362 e. The number of aryl methyl sites for hydroxylation is 2. The summed E-state index contributed by atoms with van der Waals surface area (Å²) in [6.07, 6.45) is 10.1. The van der Waals surface area contributed by atoms with Gasteiger partial charge in [0, 0.05) is 48.2 Å². The van der Waals surface area contributed by atoms with Crippen LogP contribution >= 0.6 is 11.6 Å². The van der Waals surface area contributed by atoms with E-state index < -0.39 is 0 Å². The molecule has 2 aromatic heterocycles. The van der Waals surface area contributed by atoms with Gasteiger partial charge in [-0.1, -0.05) is 67.1 Å². The van der Waals surface area contributed by atoms with Gasteiger partial charge in [-0.05, 0) is 88.7 Å². The maximum Gasteiger partial charge on any atom is 0.133 e. The van der Waals surface area contributed by atoms with Crippen LogP contribution in [0, 0.1) is 12.3 Å². The van der Waals surface area contributed by atoms with E-state index in [1.54, 1.807) is 12.3 Å². The Bertz CT molecular complexity index is 1610. The lowest BCUT2D eigenvalue weighted by Gasteiger charge is -2.20. The molecule has 0 radical (unpaired) electrons. The molecule has 0 saturated heterocycles. The fourth-order valence-electron chi connectivity index (χ4n) is 5.01. The van der Waals surface area contributed by atoms with Crippen molar-refractivity contribution in [1.29, 1.82) is 5.41 Å². The summed E-state index contributed by atoms with van der Waals surface area (Å²) in [6.45, 7) is 4.32. The Balaban J connectivity index is 1.53. The molecule has 0 amide bonds. The molecule has 0 spiro atoms. The topological polar surface area (TPSA) is 61.7 Å². The normalized spacial score (nSPS) is 12.1. The lowest BCUT2D eigenvalue weighted by molar-refractivity contribution is 0.961. The van der Waals surface area contributed by atoms with Gasteiger partial charge in [0.2, 0.25) is 0 Å². The monoisotopic (exact) mass is 530 g/mol. The second kappa shape index (κ2) is 12.1. The van der Waals surface area contributed by atoms with Gasteiger partial charge in [0.1, 0.15) is 5.15 Å².